The Bertz CT molecular complexity index is 553. The number of likely N-dealkylation sites (tertiary alicyclic amines) is 1. The maximum absolute atomic E-state index is 12.2. The van der Waals surface area contributed by atoms with Gasteiger partial charge < -0.3 is 20.1 Å². The van der Waals surface area contributed by atoms with Crippen molar-refractivity contribution >= 4 is 12.1 Å². The molecule has 0 spiro atoms. The van der Waals surface area contributed by atoms with Gasteiger partial charge in [0.25, 0.3) is 0 Å². The van der Waals surface area contributed by atoms with Crippen molar-refractivity contribution in [2.24, 2.45) is 5.73 Å². The monoisotopic (exact) mass is 320 g/mol. The zero-order valence-electron chi connectivity index (χ0n) is 13.8. The standard InChI is InChI=1S/C17H24N2O4/c1-17(2,3)23-16(21)19-10-13(18)9-14(11-19)22-15(20)12-7-5-4-6-8-12/h4-8,13-14H,9-11,18H2,1-3H3. The van der Waals surface area contributed by atoms with E-state index in [2.05, 4.69) is 0 Å². The summed E-state index contributed by atoms with van der Waals surface area (Å²) in [5.74, 6) is -0.408. The number of hydrogen-bond acceptors (Lipinski definition) is 5. The minimum atomic E-state index is -0.575. The van der Waals surface area contributed by atoms with Crippen LogP contribution in [0.4, 0.5) is 4.79 Å². The third-order valence-corrected chi connectivity index (χ3v) is 3.38. The van der Waals surface area contributed by atoms with Crippen LogP contribution < -0.4 is 5.73 Å². The summed E-state index contributed by atoms with van der Waals surface area (Å²) < 4.78 is 10.8. The fourth-order valence-corrected chi connectivity index (χ4v) is 2.44. The summed E-state index contributed by atoms with van der Waals surface area (Å²) in [5, 5.41) is 0. The molecule has 126 valence electrons. The van der Waals surface area contributed by atoms with E-state index < -0.39 is 23.8 Å². The molecule has 23 heavy (non-hydrogen) atoms. The highest BCUT2D eigenvalue weighted by atomic mass is 16.6. The summed E-state index contributed by atoms with van der Waals surface area (Å²) in [4.78, 5) is 25.8. The highest BCUT2D eigenvalue weighted by molar-refractivity contribution is 5.89. The van der Waals surface area contributed by atoms with Crippen molar-refractivity contribution in [3.63, 3.8) is 0 Å². The van der Waals surface area contributed by atoms with Crippen LogP contribution in [0, 0.1) is 0 Å². The van der Waals surface area contributed by atoms with Crippen LogP contribution in [0.3, 0.4) is 0 Å². The maximum Gasteiger partial charge on any atom is 0.410 e. The molecule has 1 amide bonds. The fourth-order valence-electron chi connectivity index (χ4n) is 2.44. The molecular formula is C17H24N2O4. The minimum Gasteiger partial charge on any atom is -0.457 e. The molecule has 0 saturated carbocycles. The third-order valence-electron chi connectivity index (χ3n) is 3.38. The number of esters is 1. The highest BCUT2D eigenvalue weighted by Crippen LogP contribution is 2.18. The van der Waals surface area contributed by atoms with Gasteiger partial charge in [-0.25, -0.2) is 9.59 Å². The molecule has 2 atom stereocenters. The van der Waals surface area contributed by atoms with E-state index in [4.69, 9.17) is 15.2 Å². The van der Waals surface area contributed by atoms with E-state index >= 15 is 0 Å². The fraction of sp³-hybridized carbons (Fsp3) is 0.529. The number of nitrogens with two attached hydrogens (primary N) is 1. The van der Waals surface area contributed by atoms with E-state index in [-0.39, 0.29) is 6.04 Å². The Labute approximate surface area is 136 Å². The second-order valence-corrected chi connectivity index (χ2v) is 6.77. The Hall–Kier alpha value is -2.08. The zero-order chi connectivity index (χ0) is 17.0. The van der Waals surface area contributed by atoms with E-state index in [0.717, 1.165) is 0 Å². The number of amides is 1. The molecule has 1 heterocycles. The molecular weight excluding hydrogens is 296 g/mol. The van der Waals surface area contributed by atoms with E-state index in [1.165, 1.54) is 4.90 Å². The summed E-state index contributed by atoms with van der Waals surface area (Å²) in [6, 6.07) is 8.52. The SMILES string of the molecule is CC(C)(C)OC(=O)N1CC(N)CC(OC(=O)c2ccccc2)C1. The van der Waals surface area contributed by atoms with Crippen LogP contribution in [0.5, 0.6) is 0 Å². The summed E-state index contributed by atoms with van der Waals surface area (Å²) >= 11 is 0. The number of piperidine rings is 1. The summed E-state index contributed by atoms with van der Waals surface area (Å²) in [5.41, 5.74) is 5.90. The Kier molecular flexibility index (Phi) is 5.26. The molecule has 2 unspecified atom stereocenters. The maximum atomic E-state index is 12.2. The van der Waals surface area contributed by atoms with Gasteiger partial charge in [0, 0.05) is 19.0 Å². The first-order valence-corrected chi connectivity index (χ1v) is 7.74. The van der Waals surface area contributed by atoms with Crippen LogP contribution in [0.1, 0.15) is 37.6 Å². The Morgan fingerprint density at radius 3 is 2.43 bits per heavy atom. The second-order valence-electron chi connectivity index (χ2n) is 6.77. The van der Waals surface area contributed by atoms with Gasteiger partial charge in [-0.15, -0.1) is 0 Å². The number of benzene rings is 1. The number of carbonyl (C=O) groups is 2. The van der Waals surface area contributed by atoms with Crippen LogP contribution in [0.15, 0.2) is 30.3 Å². The summed E-state index contributed by atoms with van der Waals surface area (Å²) in [6.45, 7) is 6.11. The summed E-state index contributed by atoms with van der Waals surface area (Å²) in [6.07, 6.45) is -0.342. The lowest BCUT2D eigenvalue weighted by atomic mass is 10.0. The Morgan fingerprint density at radius 1 is 1.17 bits per heavy atom. The second kappa shape index (κ2) is 7.00. The molecule has 0 radical (unpaired) electrons. The van der Waals surface area contributed by atoms with Gasteiger partial charge in [-0.2, -0.15) is 0 Å². The van der Waals surface area contributed by atoms with Gasteiger partial charge in [0.1, 0.15) is 11.7 Å². The van der Waals surface area contributed by atoms with E-state index in [1.54, 1.807) is 24.3 Å². The molecule has 0 bridgehead atoms. The molecule has 0 aliphatic carbocycles. The van der Waals surface area contributed by atoms with E-state index in [0.29, 0.717) is 25.1 Å². The van der Waals surface area contributed by atoms with Gasteiger partial charge in [0.05, 0.1) is 12.1 Å². The number of nitrogens with zero attached hydrogens (tertiary/aromatic N) is 1. The van der Waals surface area contributed by atoms with Gasteiger partial charge in [-0.3, -0.25) is 0 Å². The van der Waals surface area contributed by atoms with Gasteiger partial charge in [0.2, 0.25) is 0 Å². The quantitative estimate of drug-likeness (QED) is 0.845. The average Bonchev–Trinajstić information content (AvgIpc) is 2.45. The van der Waals surface area contributed by atoms with Crippen molar-refractivity contribution in [1.29, 1.82) is 0 Å². The minimum absolute atomic E-state index is 0.246. The van der Waals surface area contributed by atoms with Gasteiger partial charge in [-0.05, 0) is 32.9 Å². The van der Waals surface area contributed by atoms with Gasteiger partial charge in [-0.1, -0.05) is 18.2 Å². The molecule has 1 fully saturated rings. The number of carbonyl (C=O) groups excluding carboxylic acids is 2. The van der Waals surface area contributed by atoms with E-state index in [1.807, 2.05) is 26.8 Å². The predicted molar refractivity (Wildman–Crippen MR) is 86.0 cm³/mol. The van der Waals surface area contributed by atoms with Crippen molar-refractivity contribution in [3.05, 3.63) is 35.9 Å². The molecule has 6 nitrogen and oxygen atoms in total. The molecule has 6 heteroatoms. The topological polar surface area (TPSA) is 81.9 Å². The highest BCUT2D eigenvalue weighted by Gasteiger charge is 2.33. The number of hydrogen-bond donors (Lipinski definition) is 1. The zero-order valence-corrected chi connectivity index (χ0v) is 13.8. The lowest BCUT2D eigenvalue weighted by Gasteiger charge is -2.36. The lowest BCUT2D eigenvalue weighted by molar-refractivity contribution is -0.0148. The Balaban J connectivity index is 1.98. The number of ether oxygens (including phenoxy) is 2. The molecule has 0 aromatic heterocycles. The van der Waals surface area contributed by atoms with Crippen LogP contribution >= 0.6 is 0 Å². The van der Waals surface area contributed by atoms with Crippen LogP contribution in [-0.4, -0.2) is 47.8 Å². The van der Waals surface area contributed by atoms with Crippen molar-refractivity contribution < 1.29 is 19.1 Å². The molecule has 1 aliphatic heterocycles. The third kappa shape index (κ3) is 5.25. The van der Waals surface area contributed by atoms with Crippen LogP contribution in [0.2, 0.25) is 0 Å². The Morgan fingerprint density at radius 2 is 1.83 bits per heavy atom. The predicted octanol–water partition coefficient (Wildman–Crippen LogP) is 2.18. The molecule has 1 saturated heterocycles. The van der Waals surface area contributed by atoms with Crippen molar-refractivity contribution in [2.45, 2.75) is 44.9 Å². The first-order valence-electron chi connectivity index (χ1n) is 7.74. The van der Waals surface area contributed by atoms with Crippen LogP contribution in [-0.2, 0) is 9.47 Å². The molecule has 2 rings (SSSR count). The van der Waals surface area contributed by atoms with E-state index in [9.17, 15) is 9.59 Å². The van der Waals surface area contributed by atoms with Crippen molar-refractivity contribution in [1.82, 2.24) is 4.90 Å². The summed E-state index contributed by atoms with van der Waals surface area (Å²) in [7, 11) is 0. The first kappa shape index (κ1) is 17.3. The molecule has 2 N–H and O–H groups in total. The normalized spacial score (nSPS) is 21.7. The average molecular weight is 320 g/mol. The van der Waals surface area contributed by atoms with Gasteiger partial charge in [0.15, 0.2) is 0 Å². The first-order chi connectivity index (χ1) is 10.7. The van der Waals surface area contributed by atoms with Crippen molar-refractivity contribution in [3.8, 4) is 0 Å². The van der Waals surface area contributed by atoms with Crippen molar-refractivity contribution in [2.75, 3.05) is 13.1 Å². The van der Waals surface area contributed by atoms with Gasteiger partial charge >= 0.3 is 12.1 Å². The number of rotatable bonds is 2. The molecule has 1 aliphatic rings. The largest absolute Gasteiger partial charge is 0.457 e. The molecule has 1 aromatic rings. The molecule has 1 aromatic carbocycles. The lowest BCUT2D eigenvalue weighted by Crippen LogP contribution is -2.53. The smallest absolute Gasteiger partial charge is 0.410 e. The van der Waals surface area contributed by atoms with Crippen LogP contribution in [0.25, 0.3) is 0 Å².